The first kappa shape index (κ1) is 22.8. The SMILES string of the molecule is CCCCCCCCCC(=O)OCC(O)CO.O=[PH](O)O. The van der Waals surface area contributed by atoms with Crippen LogP contribution in [0.25, 0.3) is 0 Å². The highest BCUT2D eigenvalue weighted by atomic mass is 31.1. The molecule has 0 radical (unpaired) electrons. The average molecular weight is 328 g/mol. The second kappa shape index (κ2) is 17.6. The molecule has 1 unspecified atom stereocenters. The van der Waals surface area contributed by atoms with Gasteiger partial charge in [0.1, 0.15) is 12.7 Å². The molecule has 0 rings (SSSR count). The highest BCUT2D eigenvalue weighted by Crippen LogP contribution is 2.08. The zero-order valence-corrected chi connectivity index (χ0v) is 13.7. The third-order valence-corrected chi connectivity index (χ3v) is 2.63. The smallest absolute Gasteiger partial charge is 0.314 e. The summed E-state index contributed by atoms with van der Waals surface area (Å²) in [6.45, 7) is 1.72. The van der Waals surface area contributed by atoms with Crippen molar-refractivity contribution in [3.05, 3.63) is 0 Å². The quantitative estimate of drug-likeness (QED) is 0.256. The Kier molecular flexibility index (Phi) is 19.1. The Morgan fingerprint density at radius 1 is 1.10 bits per heavy atom. The first-order valence-electron chi connectivity index (χ1n) is 7.30. The van der Waals surface area contributed by atoms with E-state index in [0.717, 1.165) is 12.8 Å². The second-order valence-electron chi connectivity index (χ2n) is 4.67. The molecule has 1 atom stereocenters. The van der Waals surface area contributed by atoms with Gasteiger partial charge in [-0.3, -0.25) is 9.36 Å². The molecule has 0 heterocycles. The second-order valence-corrected chi connectivity index (χ2v) is 5.24. The van der Waals surface area contributed by atoms with Crippen LogP contribution >= 0.6 is 8.25 Å². The fraction of sp³-hybridized carbons (Fsp3) is 0.923. The molecule has 0 saturated carbocycles. The molecule has 0 aromatic heterocycles. The molecular formula is C13H29O7P. The van der Waals surface area contributed by atoms with E-state index in [-0.39, 0.29) is 19.2 Å². The molecule has 4 N–H and O–H groups in total. The summed E-state index contributed by atoms with van der Waals surface area (Å²) in [6.07, 6.45) is 7.60. The third kappa shape index (κ3) is 24.9. The highest BCUT2D eigenvalue weighted by molar-refractivity contribution is 7.30. The first-order valence-corrected chi connectivity index (χ1v) is 8.60. The van der Waals surface area contributed by atoms with Crippen molar-refractivity contribution in [3.8, 4) is 0 Å². The van der Waals surface area contributed by atoms with E-state index in [2.05, 4.69) is 6.92 Å². The van der Waals surface area contributed by atoms with Crippen molar-refractivity contribution in [2.75, 3.05) is 13.2 Å². The Labute approximate surface area is 126 Å². The fourth-order valence-electron chi connectivity index (χ4n) is 1.54. The predicted molar refractivity (Wildman–Crippen MR) is 80.1 cm³/mol. The van der Waals surface area contributed by atoms with Crippen LogP contribution in [-0.4, -0.2) is 45.3 Å². The lowest BCUT2D eigenvalue weighted by Crippen LogP contribution is -2.21. The van der Waals surface area contributed by atoms with Gasteiger partial charge in [-0.2, -0.15) is 0 Å². The molecule has 0 aliphatic carbocycles. The maximum Gasteiger partial charge on any atom is 0.314 e. The van der Waals surface area contributed by atoms with Crippen molar-refractivity contribution in [2.24, 2.45) is 0 Å². The van der Waals surface area contributed by atoms with Crippen molar-refractivity contribution in [2.45, 2.75) is 64.4 Å². The number of ether oxygens (including phenoxy) is 1. The Bertz CT molecular complexity index is 257. The molecule has 0 spiro atoms. The lowest BCUT2D eigenvalue weighted by atomic mass is 10.1. The predicted octanol–water partition coefficient (Wildman–Crippen LogP) is 1.38. The van der Waals surface area contributed by atoms with Crippen molar-refractivity contribution >= 4 is 14.2 Å². The summed E-state index contributed by atoms with van der Waals surface area (Å²) < 4.78 is 13.5. The van der Waals surface area contributed by atoms with Crippen molar-refractivity contribution in [3.63, 3.8) is 0 Å². The number of rotatable bonds is 11. The Balaban J connectivity index is 0. The summed E-state index contributed by atoms with van der Waals surface area (Å²) in [5.74, 6) is -0.286. The number of carbonyl (C=O) groups is 1. The van der Waals surface area contributed by atoms with E-state index in [1.54, 1.807) is 0 Å². The molecule has 0 aliphatic heterocycles. The Morgan fingerprint density at radius 2 is 1.57 bits per heavy atom. The fourth-order valence-corrected chi connectivity index (χ4v) is 1.54. The van der Waals surface area contributed by atoms with Gasteiger partial charge in [0, 0.05) is 6.42 Å². The van der Waals surface area contributed by atoms with Gasteiger partial charge in [-0.1, -0.05) is 45.4 Å². The van der Waals surface area contributed by atoms with Crippen LogP contribution < -0.4 is 0 Å². The van der Waals surface area contributed by atoms with Gasteiger partial charge in [0.25, 0.3) is 0 Å². The summed E-state index contributed by atoms with van der Waals surface area (Å²) in [6, 6.07) is 0. The van der Waals surface area contributed by atoms with Gasteiger partial charge in [0.15, 0.2) is 0 Å². The first-order chi connectivity index (χ1) is 9.93. The number of carbonyl (C=O) groups excluding carboxylic acids is 1. The number of hydrogen-bond donors (Lipinski definition) is 4. The lowest BCUT2D eigenvalue weighted by Gasteiger charge is -2.08. The number of aliphatic hydroxyl groups excluding tert-OH is 2. The molecule has 0 aromatic rings. The topological polar surface area (TPSA) is 124 Å². The molecule has 0 aromatic carbocycles. The summed E-state index contributed by atoms with van der Waals surface area (Å²) in [5, 5.41) is 17.5. The molecule has 0 fully saturated rings. The van der Waals surface area contributed by atoms with Crippen molar-refractivity contribution in [1.82, 2.24) is 0 Å². The maximum atomic E-state index is 11.2. The molecule has 0 aliphatic rings. The van der Waals surface area contributed by atoms with Gasteiger partial charge in [-0.25, -0.2) is 0 Å². The van der Waals surface area contributed by atoms with Crippen LogP contribution in [0.15, 0.2) is 0 Å². The van der Waals surface area contributed by atoms with E-state index in [9.17, 15) is 4.79 Å². The van der Waals surface area contributed by atoms with Gasteiger partial charge in [-0.05, 0) is 6.42 Å². The summed E-state index contributed by atoms with van der Waals surface area (Å²) in [4.78, 5) is 25.5. The number of hydrogen-bond acceptors (Lipinski definition) is 5. The third-order valence-electron chi connectivity index (χ3n) is 2.63. The van der Waals surface area contributed by atoms with Crippen LogP contribution in [0.4, 0.5) is 0 Å². The molecule has 0 saturated heterocycles. The molecular weight excluding hydrogens is 299 g/mol. The minimum absolute atomic E-state index is 0.105. The van der Waals surface area contributed by atoms with E-state index in [0.29, 0.717) is 6.42 Å². The molecule has 128 valence electrons. The maximum absolute atomic E-state index is 11.2. The van der Waals surface area contributed by atoms with Crippen LogP contribution in [0.1, 0.15) is 58.3 Å². The van der Waals surface area contributed by atoms with Crippen molar-refractivity contribution < 1.29 is 34.1 Å². The van der Waals surface area contributed by atoms with Gasteiger partial charge in [0.05, 0.1) is 6.61 Å². The van der Waals surface area contributed by atoms with E-state index in [4.69, 9.17) is 29.3 Å². The van der Waals surface area contributed by atoms with E-state index in [1.165, 1.54) is 32.1 Å². The van der Waals surface area contributed by atoms with Gasteiger partial charge in [-0.15, -0.1) is 0 Å². The van der Waals surface area contributed by atoms with Gasteiger partial charge in [0.2, 0.25) is 0 Å². The van der Waals surface area contributed by atoms with Gasteiger partial charge >= 0.3 is 14.2 Å². The average Bonchev–Trinajstić information content (AvgIpc) is 2.43. The Morgan fingerprint density at radius 3 is 2.05 bits per heavy atom. The largest absolute Gasteiger partial charge is 0.463 e. The van der Waals surface area contributed by atoms with E-state index >= 15 is 0 Å². The minimum atomic E-state index is -3.13. The summed E-state index contributed by atoms with van der Waals surface area (Å²) in [7, 11) is -3.13. The summed E-state index contributed by atoms with van der Waals surface area (Å²) >= 11 is 0. The zero-order valence-electron chi connectivity index (χ0n) is 12.7. The van der Waals surface area contributed by atoms with Crippen molar-refractivity contribution in [1.29, 1.82) is 0 Å². The number of unbranched alkanes of at least 4 members (excludes halogenated alkanes) is 6. The van der Waals surface area contributed by atoms with Crippen LogP contribution in [0.5, 0.6) is 0 Å². The lowest BCUT2D eigenvalue weighted by molar-refractivity contribution is -0.147. The monoisotopic (exact) mass is 328 g/mol. The number of aliphatic hydroxyl groups is 2. The highest BCUT2D eigenvalue weighted by Gasteiger charge is 2.07. The molecule has 0 bridgehead atoms. The van der Waals surface area contributed by atoms with Crippen LogP contribution in [-0.2, 0) is 14.1 Å². The van der Waals surface area contributed by atoms with Gasteiger partial charge < -0.3 is 24.7 Å². The Hall–Kier alpha value is -0.460. The molecule has 0 amide bonds. The van der Waals surface area contributed by atoms with Crippen LogP contribution in [0.2, 0.25) is 0 Å². The zero-order chi connectivity index (χ0) is 16.5. The number of esters is 1. The summed E-state index contributed by atoms with van der Waals surface area (Å²) in [5.41, 5.74) is 0. The van der Waals surface area contributed by atoms with Crippen LogP contribution in [0, 0.1) is 0 Å². The van der Waals surface area contributed by atoms with E-state index < -0.39 is 14.4 Å². The minimum Gasteiger partial charge on any atom is -0.463 e. The molecule has 8 heteroatoms. The van der Waals surface area contributed by atoms with Crippen LogP contribution in [0.3, 0.4) is 0 Å². The van der Waals surface area contributed by atoms with E-state index in [1.807, 2.05) is 0 Å². The molecule has 21 heavy (non-hydrogen) atoms. The normalized spacial score (nSPS) is 11.7. The molecule has 7 nitrogen and oxygen atoms in total. The standard InChI is InChI=1S/C13H26O4.H3O3P/c1-2-3-4-5-6-7-8-9-13(16)17-11-12(15)10-14;1-4(2)3/h12,14-15H,2-11H2,1H3;4H,(H2,1,2,3).